The highest BCUT2D eigenvalue weighted by atomic mass is 16.8. The Labute approximate surface area is 179 Å². The molecule has 0 amide bonds. The normalized spacial score (nSPS) is 26.8. The molecule has 1 aliphatic heterocycles. The van der Waals surface area contributed by atoms with Crippen molar-refractivity contribution in [1.29, 1.82) is 10.5 Å². The van der Waals surface area contributed by atoms with Crippen molar-refractivity contribution in [3.63, 3.8) is 0 Å². The van der Waals surface area contributed by atoms with Crippen LogP contribution >= 0.6 is 0 Å². The number of nitriles is 2. The highest BCUT2D eigenvalue weighted by molar-refractivity contribution is 6.12. The van der Waals surface area contributed by atoms with E-state index >= 15 is 0 Å². The number of hydrogen-bond donors (Lipinski definition) is 1. The molecule has 2 N–H and O–H groups in total. The number of oxime groups is 2. The van der Waals surface area contributed by atoms with Gasteiger partial charge in [-0.2, -0.15) is 15.5 Å². The maximum atomic E-state index is 13.4. The number of rotatable bonds is 7. The second-order valence-electron chi connectivity index (χ2n) is 7.70. The van der Waals surface area contributed by atoms with Crippen LogP contribution in [-0.4, -0.2) is 36.1 Å². The molecule has 31 heavy (non-hydrogen) atoms. The lowest BCUT2D eigenvalue weighted by molar-refractivity contribution is -0.262. The minimum Gasteiger partial charge on any atom is -0.497 e. The Hall–Kier alpha value is -3.92. The molecule has 0 aromatic heterocycles. The zero-order valence-electron chi connectivity index (χ0n) is 17.8. The molecule has 1 heterocycles. The summed E-state index contributed by atoms with van der Waals surface area (Å²) >= 11 is 0. The van der Waals surface area contributed by atoms with Crippen molar-refractivity contribution in [2.24, 2.45) is 37.8 Å². The van der Waals surface area contributed by atoms with Crippen LogP contribution in [0, 0.1) is 39.4 Å². The van der Waals surface area contributed by atoms with Gasteiger partial charge in [0.1, 0.15) is 11.6 Å². The monoisotopic (exact) mass is 422 g/mol. The van der Waals surface area contributed by atoms with Crippen molar-refractivity contribution in [2.45, 2.75) is 33.6 Å². The minimum absolute atomic E-state index is 0.240. The zero-order chi connectivity index (χ0) is 23.0. The van der Waals surface area contributed by atoms with E-state index in [9.17, 15) is 15.3 Å². The number of amidine groups is 1. The third-order valence-electron chi connectivity index (χ3n) is 5.27. The average molecular weight is 422 g/mol. The van der Waals surface area contributed by atoms with E-state index in [2.05, 4.69) is 15.3 Å². The summed E-state index contributed by atoms with van der Waals surface area (Å²) in [6.07, 6.45) is 0. The van der Waals surface area contributed by atoms with Gasteiger partial charge in [0.2, 0.25) is 5.41 Å². The molecule has 1 aromatic carbocycles. The van der Waals surface area contributed by atoms with Gasteiger partial charge in [0, 0.05) is 5.56 Å². The molecule has 1 fully saturated rings. The molecular formula is C21H22N6O4. The van der Waals surface area contributed by atoms with Gasteiger partial charge in [0.25, 0.3) is 0 Å². The van der Waals surface area contributed by atoms with E-state index < -0.39 is 28.4 Å². The molecular weight excluding hydrogens is 400 g/mol. The Kier molecular flexibility index (Phi) is 5.20. The lowest BCUT2D eigenvalue weighted by Crippen LogP contribution is -2.42. The summed E-state index contributed by atoms with van der Waals surface area (Å²) in [6.45, 7) is 6.64. The molecule has 3 atom stereocenters. The Morgan fingerprint density at radius 1 is 1.06 bits per heavy atom. The van der Waals surface area contributed by atoms with E-state index in [1.165, 1.54) is 7.11 Å². The second kappa shape index (κ2) is 7.40. The maximum absolute atomic E-state index is 13.4. The summed E-state index contributed by atoms with van der Waals surface area (Å²) in [5.74, 6) is -3.55. The molecule has 0 radical (unpaired) electrons. The van der Waals surface area contributed by atoms with Crippen LogP contribution in [0.5, 0.6) is 5.75 Å². The van der Waals surface area contributed by atoms with Crippen LogP contribution in [0.2, 0.25) is 0 Å². The van der Waals surface area contributed by atoms with Crippen LogP contribution in [0.1, 0.15) is 38.1 Å². The van der Waals surface area contributed by atoms with Gasteiger partial charge in [0.15, 0.2) is 11.2 Å². The van der Waals surface area contributed by atoms with Crippen molar-refractivity contribution in [3.8, 4) is 17.9 Å². The van der Waals surface area contributed by atoms with E-state index in [4.69, 9.17) is 20.1 Å². The fourth-order valence-electron chi connectivity index (χ4n) is 3.85. The molecule has 0 spiro atoms. The molecule has 3 rings (SSSR count). The molecule has 160 valence electrons. The predicted octanol–water partition coefficient (Wildman–Crippen LogP) is 2.38. The number of carbonyl (C=O) groups excluding carboxylic acids is 1. The first-order valence-corrected chi connectivity index (χ1v) is 9.41. The molecule has 0 bridgehead atoms. The van der Waals surface area contributed by atoms with Crippen molar-refractivity contribution >= 4 is 23.0 Å². The van der Waals surface area contributed by atoms with E-state index in [-0.39, 0.29) is 11.4 Å². The highest BCUT2D eigenvalue weighted by Gasteiger charge is 2.97. The average Bonchev–Trinajstić information content (AvgIpc) is 3.33. The third-order valence-corrected chi connectivity index (χ3v) is 5.27. The van der Waals surface area contributed by atoms with Crippen LogP contribution in [0.15, 0.2) is 39.6 Å². The van der Waals surface area contributed by atoms with Gasteiger partial charge in [0.05, 0.1) is 36.6 Å². The van der Waals surface area contributed by atoms with E-state index in [0.29, 0.717) is 17.2 Å². The summed E-state index contributed by atoms with van der Waals surface area (Å²) in [5.41, 5.74) is 3.76. The number of carbonyl (C=O) groups is 1. The number of ether oxygens (including phenoxy) is 1. The van der Waals surface area contributed by atoms with Crippen LogP contribution < -0.4 is 10.5 Å². The van der Waals surface area contributed by atoms with Crippen molar-refractivity contribution < 1.29 is 19.2 Å². The van der Waals surface area contributed by atoms with Gasteiger partial charge in [-0.1, -0.05) is 10.3 Å². The second-order valence-corrected chi connectivity index (χ2v) is 7.70. The number of benzene rings is 1. The largest absolute Gasteiger partial charge is 0.497 e. The molecule has 10 nitrogen and oxygen atoms in total. The molecule has 10 heteroatoms. The van der Waals surface area contributed by atoms with Crippen LogP contribution in [-0.2, 0) is 9.68 Å². The smallest absolute Gasteiger partial charge is 0.421 e. The standard InChI is InChI=1S/C21H22N6O4/c1-12(2)26-30-21(31-27-13(3)4)20(11-23)17(19(20,10-22)18(24)25-21)16(28)14-6-8-15(29-5)9-7-14/h6-9,17H,1-5H3,(H2,24,25)/t17-,19-,20+/m1/s1. The van der Waals surface area contributed by atoms with Crippen molar-refractivity contribution in [3.05, 3.63) is 29.8 Å². The topological polar surface area (TPSA) is 155 Å². The number of nitrogens with two attached hydrogens (primary N) is 1. The molecule has 1 saturated carbocycles. The van der Waals surface area contributed by atoms with Gasteiger partial charge in [-0.05, 0) is 52.0 Å². The SMILES string of the molecule is COc1ccc(C(=O)[C@@H]2[C@]3(C#N)C(N)=NC(ON=C(C)C)(ON=C(C)C)[C@@]23C#N)cc1. The first-order valence-electron chi connectivity index (χ1n) is 9.41. The summed E-state index contributed by atoms with van der Waals surface area (Å²) in [5, 5.41) is 28.1. The quantitative estimate of drug-likeness (QED) is 0.306. The maximum Gasteiger partial charge on any atom is 0.421 e. The fourth-order valence-corrected chi connectivity index (χ4v) is 3.85. The third kappa shape index (κ3) is 2.83. The number of hydrogen-bond acceptors (Lipinski definition) is 10. The summed E-state index contributed by atoms with van der Waals surface area (Å²) in [7, 11) is 1.50. The molecule has 2 aliphatic rings. The molecule has 0 saturated heterocycles. The number of fused-ring (bicyclic) bond motifs is 1. The van der Waals surface area contributed by atoms with Gasteiger partial charge >= 0.3 is 5.91 Å². The highest BCUT2D eigenvalue weighted by Crippen LogP contribution is 2.78. The first kappa shape index (κ1) is 21.8. The van der Waals surface area contributed by atoms with Crippen molar-refractivity contribution in [2.75, 3.05) is 7.11 Å². The van der Waals surface area contributed by atoms with Crippen LogP contribution in [0.4, 0.5) is 0 Å². The number of ketones is 1. The van der Waals surface area contributed by atoms with E-state index in [1.54, 1.807) is 52.0 Å². The number of methoxy groups -OCH3 is 1. The number of aliphatic imine (C=N–C) groups is 1. The number of nitrogens with zero attached hydrogens (tertiary/aromatic N) is 5. The van der Waals surface area contributed by atoms with Gasteiger partial charge in [-0.15, -0.1) is 0 Å². The fraction of sp³-hybridized carbons (Fsp3) is 0.429. The lowest BCUT2D eigenvalue weighted by atomic mass is 9.94. The molecule has 0 unspecified atom stereocenters. The van der Waals surface area contributed by atoms with Gasteiger partial charge in [-0.3, -0.25) is 4.79 Å². The first-order chi connectivity index (χ1) is 14.7. The molecule has 1 aliphatic carbocycles. The summed E-state index contributed by atoms with van der Waals surface area (Å²) in [4.78, 5) is 28.7. The summed E-state index contributed by atoms with van der Waals surface area (Å²) in [6, 6.07) is 10.4. The Morgan fingerprint density at radius 3 is 2.03 bits per heavy atom. The van der Waals surface area contributed by atoms with E-state index in [0.717, 1.165) is 0 Å². The van der Waals surface area contributed by atoms with Crippen molar-refractivity contribution in [1.82, 2.24) is 0 Å². The lowest BCUT2D eigenvalue weighted by Gasteiger charge is -2.27. The molecule has 1 aromatic rings. The van der Waals surface area contributed by atoms with Crippen LogP contribution in [0.25, 0.3) is 0 Å². The Morgan fingerprint density at radius 2 is 1.61 bits per heavy atom. The summed E-state index contributed by atoms with van der Waals surface area (Å²) < 4.78 is 5.12. The predicted molar refractivity (Wildman–Crippen MR) is 111 cm³/mol. The zero-order valence-corrected chi connectivity index (χ0v) is 17.8. The van der Waals surface area contributed by atoms with Gasteiger partial charge in [-0.25, -0.2) is 0 Å². The van der Waals surface area contributed by atoms with E-state index in [1.807, 2.05) is 12.1 Å². The number of Topliss-reactive ketones (excluding diaryl/α,β-unsaturated/α-hetero) is 1. The Balaban J connectivity index is 2.17. The Bertz CT molecular complexity index is 1070. The van der Waals surface area contributed by atoms with Gasteiger partial charge < -0.3 is 20.1 Å². The van der Waals surface area contributed by atoms with Crippen LogP contribution in [0.3, 0.4) is 0 Å². The minimum atomic E-state index is -2.19.